The van der Waals surface area contributed by atoms with Gasteiger partial charge < -0.3 is 20.3 Å². The van der Waals surface area contributed by atoms with Gasteiger partial charge in [-0.05, 0) is 64.2 Å². The lowest BCUT2D eigenvalue weighted by atomic mass is 10.0. The Kier molecular flexibility index (Phi) is 47.6. The zero-order valence-electron chi connectivity index (χ0n) is 41.0. The van der Waals surface area contributed by atoms with E-state index in [9.17, 15) is 19.8 Å². The zero-order valence-corrected chi connectivity index (χ0v) is 41.0. The first-order valence-electron chi connectivity index (χ1n) is 26.6. The number of hydrogen-bond donors (Lipinski definition) is 3. The molecule has 0 aliphatic carbocycles. The van der Waals surface area contributed by atoms with E-state index >= 15 is 0 Å². The van der Waals surface area contributed by atoms with Gasteiger partial charge in [0.15, 0.2) is 0 Å². The van der Waals surface area contributed by atoms with Gasteiger partial charge in [0.1, 0.15) is 6.10 Å². The Morgan fingerprint density at radius 3 is 1.39 bits per heavy atom. The van der Waals surface area contributed by atoms with E-state index < -0.39 is 18.2 Å². The molecule has 0 rings (SSSR count). The molecule has 0 aliphatic rings. The maximum atomic E-state index is 13.2. The second-order valence-electron chi connectivity index (χ2n) is 18.0. The summed E-state index contributed by atoms with van der Waals surface area (Å²) < 4.78 is 5.89. The van der Waals surface area contributed by atoms with Crippen LogP contribution in [0.3, 0.4) is 0 Å². The molecule has 0 saturated carbocycles. The third-order valence-electron chi connectivity index (χ3n) is 11.9. The number of unbranched alkanes of at least 4 members (excludes halogenated alkanes) is 28. The Bertz CT molecular complexity index is 1110. The molecule has 6 nitrogen and oxygen atoms in total. The van der Waals surface area contributed by atoms with Crippen molar-refractivity contribution in [1.29, 1.82) is 0 Å². The molecule has 1 amide bonds. The molecule has 0 fully saturated rings. The van der Waals surface area contributed by atoms with E-state index in [2.05, 4.69) is 50.4 Å². The number of ether oxygens (including phenoxy) is 1. The van der Waals surface area contributed by atoms with Gasteiger partial charge in [-0.1, -0.05) is 242 Å². The highest BCUT2D eigenvalue weighted by atomic mass is 16.5. The number of rotatable bonds is 47. The van der Waals surface area contributed by atoms with Crippen LogP contribution in [0, 0.1) is 0 Å². The molecule has 0 aromatic carbocycles. The number of carbonyl (C=O) groups excluding carboxylic acids is 2. The third-order valence-corrected chi connectivity index (χ3v) is 11.9. The van der Waals surface area contributed by atoms with Crippen LogP contribution in [0.2, 0.25) is 0 Å². The maximum Gasteiger partial charge on any atom is 0.306 e. The SMILES string of the molecule is CC/C=C/C=C/C=C\C=C/CCCC(CC(=O)NC(CO)C(O)CCCCCCCCCCCCCCCCCC)OC(=O)CCCCCCC/C=C/CCCCCCCCC. The Morgan fingerprint density at radius 2 is 0.903 bits per heavy atom. The Hall–Kier alpha value is -2.44. The van der Waals surface area contributed by atoms with Crippen molar-refractivity contribution in [3.63, 3.8) is 0 Å². The van der Waals surface area contributed by atoms with Crippen molar-refractivity contribution < 1.29 is 24.5 Å². The van der Waals surface area contributed by atoms with Gasteiger partial charge in [0.05, 0.1) is 25.2 Å². The van der Waals surface area contributed by atoms with Crippen LogP contribution in [0.15, 0.2) is 60.8 Å². The molecule has 3 atom stereocenters. The zero-order chi connectivity index (χ0) is 45.2. The molecule has 62 heavy (non-hydrogen) atoms. The molecule has 0 aromatic heterocycles. The fourth-order valence-corrected chi connectivity index (χ4v) is 7.91. The molecule has 360 valence electrons. The van der Waals surface area contributed by atoms with Crippen LogP contribution in [0.4, 0.5) is 0 Å². The molecule has 0 saturated heterocycles. The highest BCUT2D eigenvalue weighted by Crippen LogP contribution is 2.17. The van der Waals surface area contributed by atoms with Gasteiger partial charge in [-0.15, -0.1) is 0 Å². The molecule has 6 heteroatoms. The number of amides is 1. The Morgan fingerprint density at radius 1 is 0.484 bits per heavy atom. The number of allylic oxidation sites excluding steroid dienone is 10. The van der Waals surface area contributed by atoms with Crippen LogP contribution < -0.4 is 5.32 Å². The lowest BCUT2D eigenvalue weighted by Gasteiger charge is -2.24. The van der Waals surface area contributed by atoms with E-state index in [0.29, 0.717) is 19.3 Å². The van der Waals surface area contributed by atoms with E-state index in [1.165, 1.54) is 148 Å². The van der Waals surface area contributed by atoms with E-state index in [0.717, 1.165) is 64.2 Å². The average Bonchev–Trinajstić information content (AvgIpc) is 3.26. The molecular formula is C56H101NO5. The fourth-order valence-electron chi connectivity index (χ4n) is 7.91. The van der Waals surface area contributed by atoms with Crippen LogP contribution in [-0.2, 0) is 14.3 Å². The van der Waals surface area contributed by atoms with Crippen molar-refractivity contribution >= 4 is 11.9 Å². The normalized spacial score (nSPS) is 13.7. The second kappa shape index (κ2) is 49.6. The smallest absolute Gasteiger partial charge is 0.306 e. The summed E-state index contributed by atoms with van der Waals surface area (Å²) in [5.41, 5.74) is 0. The first kappa shape index (κ1) is 59.6. The highest BCUT2D eigenvalue weighted by Gasteiger charge is 2.24. The summed E-state index contributed by atoms with van der Waals surface area (Å²) in [4.78, 5) is 26.1. The summed E-state index contributed by atoms with van der Waals surface area (Å²) in [6, 6.07) is -0.725. The number of esters is 1. The van der Waals surface area contributed by atoms with Crippen molar-refractivity contribution in [2.24, 2.45) is 0 Å². The first-order chi connectivity index (χ1) is 30.5. The third kappa shape index (κ3) is 44.2. The largest absolute Gasteiger partial charge is 0.462 e. The molecule has 0 spiro atoms. The van der Waals surface area contributed by atoms with Crippen LogP contribution in [-0.4, -0.2) is 46.9 Å². The fraction of sp³-hybridized carbons (Fsp3) is 0.786. The van der Waals surface area contributed by atoms with Crippen molar-refractivity contribution in [3.05, 3.63) is 60.8 Å². The second-order valence-corrected chi connectivity index (χ2v) is 18.0. The lowest BCUT2D eigenvalue weighted by molar-refractivity contribution is -0.151. The van der Waals surface area contributed by atoms with E-state index in [1.807, 2.05) is 36.5 Å². The van der Waals surface area contributed by atoms with Gasteiger partial charge in [-0.2, -0.15) is 0 Å². The van der Waals surface area contributed by atoms with Crippen LogP contribution in [0.1, 0.15) is 258 Å². The van der Waals surface area contributed by atoms with Crippen molar-refractivity contribution in [3.8, 4) is 0 Å². The van der Waals surface area contributed by atoms with Gasteiger partial charge in [0.2, 0.25) is 5.91 Å². The summed E-state index contributed by atoms with van der Waals surface area (Å²) in [6.07, 6.45) is 61.5. The minimum Gasteiger partial charge on any atom is -0.462 e. The Labute approximate surface area is 384 Å². The lowest BCUT2D eigenvalue weighted by Crippen LogP contribution is -2.46. The standard InChI is InChI=1S/C56H101NO5/c1-4-7-10-13-16-19-22-24-26-28-30-33-36-39-42-45-48-54(59)53(51-58)57-55(60)50-52(47-44-41-38-35-32-21-18-15-12-9-6-3)62-56(61)49-46-43-40-37-34-31-29-27-25-23-20-17-14-11-8-5-2/h9,12,15,18,21,27,29,32,35,38,52-54,58-59H,4-8,10-11,13-14,16-17,19-20,22-26,28,30-31,33-34,36-37,39-51H2,1-3H3,(H,57,60)/b12-9+,18-15+,29-27+,32-21-,38-35-. The summed E-state index contributed by atoms with van der Waals surface area (Å²) in [5.74, 6) is -0.549. The van der Waals surface area contributed by atoms with Crippen molar-refractivity contribution in [1.82, 2.24) is 5.32 Å². The molecule has 0 aliphatic heterocycles. The summed E-state index contributed by atoms with van der Waals surface area (Å²) in [6.45, 7) is 6.33. The van der Waals surface area contributed by atoms with Gasteiger partial charge in [0, 0.05) is 6.42 Å². The number of carbonyl (C=O) groups is 2. The summed E-state index contributed by atoms with van der Waals surface area (Å²) >= 11 is 0. The molecule has 0 aromatic rings. The monoisotopic (exact) mass is 868 g/mol. The van der Waals surface area contributed by atoms with E-state index in [1.54, 1.807) is 0 Å². The average molecular weight is 868 g/mol. The molecular weight excluding hydrogens is 767 g/mol. The number of nitrogens with one attached hydrogen (secondary N) is 1. The van der Waals surface area contributed by atoms with Crippen molar-refractivity contribution in [2.75, 3.05) is 6.61 Å². The minimum atomic E-state index is -0.807. The van der Waals surface area contributed by atoms with Crippen LogP contribution in [0.25, 0.3) is 0 Å². The highest BCUT2D eigenvalue weighted by molar-refractivity contribution is 5.77. The minimum absolute atomic E-state index is 0.0279. The Balaban J connectivity index is 4.55. The van der Waals surface area contributed by atoms with Gasteiger partial charge >= 0.3 is 5.97 Å². The maximum absolute atomic E-state index is 13.2. The molecule has 3 N–H and O–H groups in total. The summed E-state index contributed by atoms with van der Waals surface area (Å²) in [7, 11) is 0. The first-order valence-corrected chi connectivity index (χ1v) is 26.6. The van der Waals surface area contributed by atoms with Gasteiger partial charge in [-0.3, -0.25) is 9.59 Å². The van der Waals surface area contributed by atoms with Crippen LogP contribution in [0.5, 0.6) is 0 Å². The molecule has 3 unspecified atom stereocenters. The summed E-state index contributed by atoms with van der Waals surface area (Å²) in [5, 5.41) is 23.8. The van der Waals surface area contributed by atoms with E-state index in [4.69, 9.17) is 4.74 Å². The number of aliphatic hydroxyl groups is 2. The predicted molar refractivity (Wildman–Crippen MR) is 268 cm³/mol. The number of aliphatic hydroxyl groups excluding tert-OH is 2. The van der Waals surface area contributed by atoms with Gasteiger partial charge in [0.25, 0.3) is 0 Å². The van der Waals surface area contributed by atoms with Crippen LogP contribution >= 0.6 is 0 Å². The molecule has 0 bridgehead atoms. The van der Waals surface area contributed by atoms with Gasteiger partial charge in [-0.25, -0.2) is 0 Å². The molecule has 0 heterocycles. The topological polar surface area (TPSA) is 95.9 Å². The predicted octanol–water partition coefficient (Wildman–Crippen LogP) is 16.0. The number of hydrogen-bond acceptors (Lipinski definition) is 5. The van der Waals surface area contributed by atoms with E-state index in [-0.39, 0.29) is 24.9 Å². The quantitative estimate of drug-likeness (QED) is 0.0245. The molecule has 0 radical (unpaired) electrons. The van der Waals surface area contributed by atoms with Crippen molar-refractivity contribution in [2.45, 2.75) is 277 Å².